The molecule has 3 atom stereocenters. The summed E-state index contributed by atoms with van der Waals surface area (Å²) in [6, 6.07) is -0.0320. The van der Waals surface area contributed by atoms with E-state index in [1.165, 1.54) is 25.9 Å². The minimum atomic E-state index is -5.08. The van der Waals surface area contributed by atoms with Crippen molar-refractivity contribution in [1.29, 1.82) is 0 Å². The van der Waals surface area contributed by atoms with E-state index in [-0.39, 0.29) is 24.0 Å². The zero-order valence-corrected chi connectivity index (χ0v) is 17.3. The first kappa shape index (κ1) is 24.3. The monoisotopic (exact) mass is 446 g/mol. The summed E-state index contributed by atoms with van der Waals surface area (Å²) in [5.74, 6) is -2.59. The molecule has 0 amide bonds. The van der Waals surface area contributed by atoms with Crippen LogP contribution in [0.25, 0.3) is 0 Å². The molecule has 0 radical (unpaired) electrons. The second kappa shape index (κ2) is 10.4. The topological polar surface area (TPSA) is 96.4 Å². The predicted molar refractivity (Wildman–Crippen MR) is 98.0 cm³/mol. The number of carbonyl (C=O) groups is 1. The fourth-order valence-corrected chi connectivity index (χ4v) is 5.23. The van der Waals surface area contributed by atoms with Crippen LogP contribution in [0.3, 0.4) is 0 Å². The average molecular weight is 446 g/mol. The summed E-state index contributed by atoms with van der Waals surface area (Å²) in [6.07, 6.45) is -0.804. The van der Waals surface area contributed by atoms with Gasteiger partial charge in [-0.2, -0.15) is 17.5 Å². The van der Waals surface area contributed by atoms with Crippen molar-refractivity contribution in [3.8, 4) is 0 Å². The molecule has 12 heteroatoms. The standard InChI is InChI=1S/C15H28N2O4S.C2HF3O2/c1-2-22(18,19)17-10-12-21-15-13(17)5-6-14(15)20-11-9-16-7-3-4-8-16;3-2(4,5)1(6)7/h13-15H,2-12H2,1H3;(H,6,7)/t13-,14+,15+;/m0./s1. The summed E-state index contributed by atoms with van der Waals surface area (Å²) < 4.78 is 69.7. The number of nitrogens with zero attached hydrogens (tertiary/aromatic N) is 2. The first-order valence-corrected chi connectivity index (χ1v) is 11.4. The lowest BCUT2D eigenvalue weighted by molar-refractivity contribution is -0.192. The second-order valence-corrected chi connectivity index (χ2v) is 9.46. The van der Waals surface area contributed by atoms with Gasteiger partial charge in [0.05, 0.1) is 31.1 Å². The number of likely N-dealkylation sites (tertiary alicyclic amines) is 1. The van der Waals surface area contributed by atoms with E-state index in [0.29, 0.717) is 13.2 Å². The molecule has 1 saturated carbocycles. The van der Waals surface area contributed by atoms with Gasteiger partial charge >= 0.3 is 12.1 Å². The van der Waals surface area contributed by atoms with Crippen LogP contribution in [0.2, 0.25) is 0 Å². The fraction of sp³-hybridized carbons (Fsp3) is 0.941. The maximum absolute atomic E-state index is 12.2. The third-order valence-electron chi connectivity index (χ3n) is 5.39. The van der Waals surface area contributed by atoms with Crippen molar-refractivity contribution in [2.24, 2.45) is 0 Å². The Hall–Kier alpha value is -0.950. The van der Waals surface area contributed by atoms with Gasteiger partial charge in [0.2, 0.25) is 10.0 Å². The highest BCUT2D eigenvalue weighted by Gasteiger charge is 2.46. The van der Waals surface area contributed by atoms with Crippen LogP contribution in [0, 0.1) is 0 Å². The SMILES string of the molecule is CCS(=O)(=O)N1CCO[C@H]2[C@H](OCCN3CCCC3)CC[C@@H]21.O=C(O)C(F)(F)F. The van der Waals surface area contributed by atoms with Crippen LogP contribution in [-0.2, 0) is 24.3 Å². The molecule has 2 saturated heterocycles. The van der Waals surface area contributed by atoms with Crippen molar-refractivity contribution in [1.82, 2.24) is 9.21 Å². The summed E-state index contributed by atoms with van der Waals surface area (Å²) in [7, 11) is -3.14. The summed E-state index contributed by atoms with van der Waals surface area (Å²) in [5.41, 5.74) is 0. The zero-order chi connectivity index (χ0) is 21.7. The quantitative estimate of drug-likeness (QED) is 0.657. The number of alkyl halides is 3. The smallest absolute Gasteiger partial charge is 0.475 e. The Balaban J connectivity index is 0.000000370. The largest absolute Gasteiger partial charge is 0.490 e. The lowest BCUT2D eigenvalue weighted by Crippen LogP contribution is -2.54. The highest BCUT2D eigenvalue weighted by atomic mass is 32.2. The normalized spacial score (nSPS) is 28.6. The predicted octanol–water partition coefficient (Wildman–Crippen LogP) is 1.31. The summed E-state index contributed by atoms with van der Waals surface area (Å²) in [6.45, 7) is 6.73. The van der Waals surface area contributed by atoms with Gasteiger partial charge in [-0.15, -0.1) is 0 Å². The number of carboxylic acids is 1. The van der Waals surface area contributed by atoms with Gasteiger partial charge in [-0.25, -0.2) is 13.2 Å². The van der Waals surface area contributed by atoms with Crippen molar-refractivity contribution >= 4 is 16.0 Å². The number of ether oxygens (including phenoxy) is 2. The Morgan fingerprint density at radius 1 is 1.21 bits per heavy atom. The lowest BCUT2D eigenvalue weighted by atomic mass is 10.1. The number of sulfonamides is 1. The lowest BCUT2D eigenvalue weighted by Gasteiger charge is -2.38. The zero-order valence-electron chi connectivity index (χ0n) is 16.4. The summed E-state index contributed by atoms with van der Waals surface area (Å²) in [5, 5.41) is 7.12. The first-order valence-electron chi connectivity index (χ1n) is 9.81. The van der Waals surface area contributed by atoms with Gasteiger partial charge in [0.15, 0.2) is 0 Å². The highest BCUT2D eigenvalue weighted by Crippen LogP contribution is 2.33. The molecule has 3 rings (SSSR count). The molecule has 0 bridgehead atoms. The van der Waals surface area contributed by atoms with Gasteiger partial charge in [0.25, 0.3) is 0 Å². The molecular formula is C17H29F3N2O6S. The van der Waals surface area contributed by atoms with E-state index in [4.69, 9.17) is 19.4 Å². The van der Waals surface area contributed by atoms with Gasteiger partial charge < -0.3 is 19.5 Å². The minimum Gasteiger partial charge on any atom is -0.475 e. The van der Waals surface area contributed by atoms with Crippen molar-refractivity contribution in [2.75, 3.05) is 45.1 Å². The molecule has 1 N–H and O–H groups in total. The van der Waals surface area contributed by atoms with Gasteiger partial charge in [0, 0.05) is 13.1 Å². The van der Waals surface area contributed by atoms with Crippen molar-refractivity contribution in [3.05, 3.63) is 0 Å². The van der Waals surface area contributed by atoms with Crippen LogP contribution in [0.1, 0.15) is 32.6 Å². The molecule has 8 nitrogen and oxygen atoms in total. The molecule has 0 aromatic heterocycles. The number of carboxylic acid groups (broad SMARTS) is 1. The summed E-state index contributed by atoms with van der Waals surface area (Å²) in [4.78, 5) is 11.3. The number of hydrogen-bond donors (Lipinski definition) is 1. The molecule has 29 heavy (non-hydrogen) atoms. The molecule has 1 aliphatic carbocycles. The van der Waals surface area contributed by atoms with Crippen molar-refractivity contribution < 1.29 is 41.0 Å². The van der Waals surface area contributed by atoms with E-state index in [0.717, 1.165) is 26.0 Å². The van der Waals surface area contributed by atoms with E-state index >= 15 is 0 Å². The number of fused-ring (bicyclic) bond motifs is 1. The second-order valence-electron chi connectivity index (χ2n) is 7.25. The molecule has 0 aromatic rings. The number of rotatable bonds is 6. The van der Waals surface area contributed by atoms with Crippen LogP contribution in [0.15, 0.2) is 0 Å². The Morgan fingerprint density at radius 2 is 1.83 bits per heavy atom. The Kier molecular flexibility index (Phi) is 8.71. The number of hydrogen-bond acceptors (Lipinski definition) is 6. The molecule has 170 valence electrons. The Bertz CT molecular complexity index is 640. The van der Waals surface area contributed by atoms with Crippen LogP contribution in [0.5, 0.6) is 0 Å². The van der Waals surface area contributed by atoms with E-state index in [1.807, 2.05) is 0 Å². The minimum absolute atomic E-state index is 0.0320. The number of morpholine rings is 1. The van der Waals surface area contributed by atoms with Gasteiger partial charge in [-0.3, -0.25) is 0 Å². The molecule has 0 aromatic carbocycles. The van der Waals surface area contributed by atoms with E-state index in [1.54, 1.807) is 11.2 Å². The fourth-order valence-electron chi connectivity index (χ4n) is 3.91. The van der Waals surface area contributed by atoms with Crippen LogP contribution in [0.4, 0.5) is 13.2 Å². The van der Waals surface area contributed by atoms with E-state index in [2.05, 4.69) is 4.90 Å². The number of aliphatic carboxylic acids is 1. The van der Waals surface area contributed by atoms with Gasteiger partial charge in [-0.05, 0) is 45.7 Å². The maximum Gasteiger partial charge on any atom is 0.490 e. The van der Waals surface area contributed by atoms with Crippen LogP contribution < -0.4 is 0 Å². The molecule has 3 aliphatic rings. The summed E-state index contributed by atoms with van der Waals surface area (Å²) >= 11 is 0. The van der Waals surface area contributed by atoms with Crippen LogP contribution in [-0.4, -0.2) is 98.3 Å². The van der Waals surface area contributed by atoms with Gasteiger partial charge in [-0.1, -0.05) is 0 Å². The van der Waals surface area contributed by atoms with Gasteiger partial charge in [0.1, 0.15) is 6.10 Å². The highest BCUT2D eigenvalue weighted by molar-refractivity contribution is 7.89. The number of halogens is 3. The van der Waals surface area contributed by atoms with Crippen LogP contribution >= 0.6 is 0 Å². The first-order chi connectivity index (χ1) is 13.6. The molecule has 0 unspecified atom stereocenters. The Labute approximate surface area is 169 Å². The third kappa shape index (κ3) is 6.78. The molecule has 3 fully saturated rings. The van der Waals surface area contributed by atoms with Crippen molar-refractivity contribution in [3.63, 3.8) is 0 Å². The maximum atomic E-state index is 12.2. The average Bonchev–Trinajstić information content (AvgIpc) is 3.31. The van der Waals surface area contributed by atoms with E-state index in [9.17, 15) is 21.6 Å². The molecular weight excluding hydrogens is 417 g/mol. The third-order valence-corrected chi connectivity index (χ3v) is 7.28. The molecule has 2 aliphatic heterocycles. The Morgan fingerprint density at radius 3 is 2.38 bits per heavy atom. The van der Waals surface area contributed by atoms with E-state index < -0.39 is 22.2 Å². The van der Waals surface area contributed by atoms with Crippen molar-refractivity contribution in [2.45, 2.75) is 57.0 Å². The molecule has 2 heterocycles. The molecule has 0 spiro atoms.